The highest BCUT2D eigenvalue weighted by molar-refractivity contribution is 6.01. The van der Waals surface area contributed by atoms with Crippen molar-refractivity contribution >= 4 is 17.2 Å². The number of rotatable bonds is 6. The third kappa shape index (κ3) is 3.88. The van der Waals surface area contributed by atoms with E-state index < -0.39 is 0 Å². The van der Waals surface area contributed by atoms with Crippen LogP contribution in [0.5, 0.6) is 5.75 Å². The Labute approximate surface area is 178 Å². The second-order valence-corrected chi connectivity index (χ2v) is 7.04. The molecule has 0 aliphatic carbocycles. The van der Waals surface area contributed by atoms with Gasteiger partial charge in [-0.3, -0.25) is 9.38 Å². The molecule has 10 heteroatoms. The molecule has 2 N–H and O–H groups in total. The molecule has 0 saturated carbocycles. The van der Waals surface area contributed by atoms with E-state index >= 15 is 0 Å². The fourth-order valence-corrected chi connectivity index (χ4v) is 3.35. The molecule has 0 fully saturated rings. The molecule has 1 aliphatic rings. The van der Waals surface area contributed by atoms with Gasteiger partial charge in [0, 0.05) is 38.1 Å². The van der Waals surface area contributed by atoms with Crippen molar-refractivity contribution < 1.29 is 4.74 Å². The molecule has 31 heavy (non-hydrogen) atoms. The molecule has 0 unspecified atom stereocenters. The van der Waals surface area contributed by atoms with Gasteiger partial charge in [-0.2, -0.15) is 5.10 Å². The Bertz CT molecular complexity index is 1250. The first kappa shape index (κ1) is 18.9. The Morgan fingerprint density at radius 2 is 2.00 bits per heavy atom. The van der Waals surface area contributed by atoms with E-state index in [1.165, 1.54) is 0 Å². The normalized spacial score (nSPS) is 13.5. The average Bonchev–Trinajstić information content (AvgIpc) is 3.44. The highest BCUT2D eigenvalue weighted by Crippen LogP contribution is 2.23. The first-order valence-corrected chi connectivity index (χ1v) is 9.77. The van der Waals surface area contributed by atoms with Crippen LogP contribution in [0.25, 0.3) is 17.0 Å². The summed E-state index contributed by atoms with van der Waals surface area (Å²) in [5.41, 5.74) is 8.40. The van der Waals surface area contributed by atoms with Crippen molar-refractivity contribution in [3.05, 3.63) is 66.5 Å². The summed E-state index contributed by atoms with van der Waals surface area (Å²) in [6, 6.07) is 9.70. The van der Waals surface area contributed by atoms with Gasteiger partial charge < -0.3 is 10.1 Å². The van der Waals surface area contributed by atoms with E-state index in [0.29, 0.717) is 13.1 Å². The Balaban J connectivity index is 1.30. The SMILES string of the molecule is COc1ccn2c(-c3cc(NCc4ccc(C5=NN(C)NC5)nc4)ncn3)cnc2c1. The monoisotopic (exact) mass is 415 g/mol. The second kappa shape index (κ2) is 8.00. The van der Waals surface area contributed by atoms with Crippen LogP contribution in [0.15, 0.2) is 60.4 Å². The Kier molecular flexibility index (Phi) is 4.89. The molecule has 0 saturated heterocycles. The minimum Gasteiger partial charge on any atom is -0.497 e. The number of hydrazone groups is 1. The molecular formula is C21H21N9O. The lowest BCUT2D eigenvalue weighted by molar-refractivity contribution is 0.289. The summed E-state index contributed by atoms with van der Waals surface area (Å²) in [4.78, 5) is 17.7. The van der Waals surface area contributed by atoms with Crippen molar-refractivity contribution in [3.8, 4) is 17.1 Å². The summed E-state index contributed by atoms with van der Waals surface area (Å²) in [5, 5.41) is 9.40. The van der Waals surface area contributed by atoms with Crippen molar-refractivity contribution in [3.63, 3.8) is 0 Å². The van der Waals surface area contributed by atoms with Gasteiger partial charge in [-0.15, -0.1) is 0 Å². The maximum atomic E-state index is 5.27. The van der Waals surface area contributed by atoms with E-state index in [9.17, 15) is 0 Å². The quantitative estimate of drug-likeness (QED) is 0.492. The molecule has 0 atom stereocenters. The topological polar surface area (TPSA) is 105 Å². The number of anilines is 1. The van der Waals surface area contributed by atoms with Gasteiger partial charge in [-0.05, 0) is 17.7 Å². The van der Waals surface area contributed by atoms with Gasteiger partial charge in [0.15, 0.2) is 0 Å². The number of pyridine rings is 2. The van der Waals surface area contributed by atoms with Gasteiger partial charge in [-0.1, -0.05) is 6.07 Å². The van der Waals surface area contributed by atoms with Crippen molar-refractivity contribution in [2.75, 3.05) is 26.0 Å². The summed E-state index contributed by atoms with van der Waals surface area (Å²) in [6.45, 7) is 1.28. The van der Waals surface area contributed by atoms with E-state index in [-0.39, 0.29) is 0 Å². The van der Waals surface area contributed by atoms with Crippen LogP contribution < -0.4 is 15.5 Å². The summed E-state index contributed by atoms with van der Waals surface area (Å²) in [7, 11) is 3.50. The van der Waals surface area contributed by atoms with Gasteiger partial charge in [0.25, 0.3) is 0 Å². The number of nitrogens with zero attached hydrogens (tertiary/aromatic N) is 7. The largest absolute Gasteiger partial charge is 0.497 e. The van der Waals surface area contributed by atoms with E-state index in [2.05, 4.69) is 35.8 Å². The van der Waals surface area contributed by atoms with Crippen LogP contribution in [0.2, 0.25) is 0 Å². The number of hydrogen-bond donors (Lipinski definition) is 2. The summed E-state index contributed by atoms with van der Waals surface area (Å²) >= 11 is 0. The molecule has 0 amide bonds. The van der Waals surface area contributed by atoms with Gasteiger partial charge >= 0.3 is 0 Å². The van der Waals surface area contributed by atoms with Crippen molar-refractivity contribution in [2.24, 2.45) is 5.10 Å². The number of ether oxygens (including phenoxy) is 1. The molecule has 10 nitrogen and oxygen atoms in total. The molecule has 0 spiro atoms. The fourth-order valence-electron chi connectivity index (χ4n) is 3.35. The Morgan fingerprint density at radius 3 is 2.77 bits per heavy atom. The zero-order chi connectivity index (χ0) is 21.2. The number of fused-ring (bicyclic) bond motifs is 1. The number of nitrogens with one attached hydrogen (secondary N) is 2. The third-order valence-corrected chi connectivity index (χ3v) is 4.99. The van der Waals surface area contributed by atoms with E-state index in [1.807, 2.05) is 54.2 Å². The molecule has 5 heterocycles. The van der Waals surface area contributed by atoms with E-state index in [1.54, 1.807) is 24.8 Å². The average molecular weight is 415 g/mol. The highest BCUT2D eigenvalue weighted by atomic mass is 16.5. The number of hydrogen-bond acceptors (Lipinski definition) is 9. The van der Waals surface area contributed by atoms with Gasteiger partial charge in [-0.25, -0.2) is 25.5 Å². The zero-order valence-electron chi connectivity index (χ0n) is 17.1. The lowest BCUT2D eigenvalue weighted by Crippen LogP contribution is -2.25. The number of aromatic nitrogens is 5. The first-order valence-electron chi connectivity index (χ1n) is 9.77. The van der Waals surface area contributed by atoms with Crippen LogP contribution in [0.1, 0.15) is 11.3 Å². The minimum absolute atomic E-state index is 0.596. The molecule has 0 radical (unpaired) electrons. The summed E-state index contributed by atoms with van der Waals surface area (Å²) in [6.07, 6.45) is 7.11. The lowest BCUT2D eigenvalue weighted by Gasteiger charge is -2.08. The lowest BCUT2D eigenvalue weighted by atomic mass is 10.2. The first-order chi connectivity index (χ1) is 15.2. The molecule has 0 aromatic carbocycles. The molecule has 4 aromatic heterocycles. The van der Waals surface area contributed by atoms with Crippen molar-refractivity contribution in [2.45, 2.75) is 6.54 Å². The molecule has 5 rings (SSSR count). The minimum atomic E-state index is 0.596. The number of methoxy groups -OCH3 is 1. The molecule has 156 valence electrons. The van der Waals surface area contributed by atoms with Gasteiger partial charge in [0.1, 0.15) is 29.3 Å². The maximum Gasteiger partial charge on any atom is 0.140 e. The predicted molar refractivity (Wildman–Crippen MR) is 117 cm³/mol. The number of imidazole rings is 1. The van der Waals surface area contributed by atoms with Crippen molar-refractivity contribution in [1.82, 2.24) is 34.9 Å². The maximum absolute atomic E-state index is 5.27. The smallest absolute Gasteiger partial charge is 0.140 e. The summed E-state index contributed by atoms with van der Waals surface area (Å²) < 4.78 is 7.23. The molecule has 4 aromatic rings. The standard InChI is InChI=1S/C21H21N9O/c1-29-27-11-18(28-29)16-4-3-14(9-22-16)10-23-20-8-17(25-13-26-20)19-12-24-21-7-15(31-2)5-6-30(19)21/h3-9,12-13,27H,10-11H2,1-2H3,(H,23,25,26). The van der Waals surface area contributed by atoms with E-state index in [0.717, 1.165) is 45.6 Å². The van der Waals surface area contributed by atoms with Crippen molar-refractivity contribution in [1.29, 1.82) is 0 Å². The van der Waals surface area contributed by atoms with Gasteiger partial charge in [0.2, 0.25) is 0 Å². The number of hydrazine groups is 1. The Morgan fingerprint density at radius 1 is 1.06 bits per heavy atom. The van der Waals surface area contributed by atoms with Gasteiger partial charge in [0.05, 0.1) is 36.9 Å². The van der Waals surface area contributed by atoms with Crippen LogP contribution in [0.3, 0.4) is 0 Å². The van der Waals surface area contributed by atoms with Crippen LogP contribution in [0, 0.1) is 0 Å². The Hall–Kier alpha value is -4.05. The van der Waals surface area contributed by atoms with E-state index in [4.69, 9.17) is 4.74 Å². The molecule has 0 bridgehead atoms. The highest BCUT2D eigenvalue weighted by Gasteiger charge is 2.13. The summed E-state index contributed by atoms with van der Waals surface area (Å²) in [5.74, 6) is 1.49. The molecular weight excluding hydrogens is 394 g/mol. The second-order valence-electron chi connectivity index (χ2n) is 7.04. The predicted octanol–water partition coefficient (Wildman–Crippen LogP) is 1.96. The molecule has 1 aliphatic heterocycles. The van der Waals surface area contributed by atoms with Crippen LogP contribution >= 0.6 is 0 Å². The third-order valence-electron chi connectivity index (χ3n) is 4.99. The van der Waals surface area contributed by atoms with Crippen LogP contribution in [0.4, 0.5) is 5.82 Å². The fraction of sp³-hybridized carbons (Fsp3) is 0.190. The van der Waals surface area contributed by atoms with Crippen LogP contribution in [-0.4, -0.2) is 55.9 Å². The zero-order valence-corrected chi connectivity index (χ0v) is 17.1. The van der Waals surface area contributed by atoms with Crippen LogP contribution in [-0.2, 0) is 6.54 Å².